The Labute approximate surface area is 206 Å². The molecule has 174 valence electrons. The lowest BCUT2D eigenvalue weighted by Crippen LogP contribution is -2.32. The van der Waals surface area contributed by atoms with Crippen LogP contribution in [0.3, 0.4) is 0 Å². The third-order valence-corrected chi connectivity index (χ3v) is 10.8. The van der Waals surface area contributed by atoms with E-state index in [1.165, 1.54) is 47.2 Å². The van der Waals surface area contributed by atoms with E-state index in [1.54, 1.807) is 0 Å². The standard InChI is InChI=1S/C32H36OP/c1-2-3-4-5-17-26-33-32-25-16-15-18-28(32)27-34(29-19-9-6-10-20-29,30-21-11-7-12-22-30)31-23-13-8-14-24-31/h6-16,18-25H,2-5,17,26-27H2,1H3/q+1. The van der Waals surface area contributed by atoms with Crippen LogP contribution in [0.5, 0.6) is 5.75 Å². The quantitative estimate of drug-likeness (QED) is 0.155. The highest BCUT2D eigenvalue weighted by Gasteiger charge is 2.45. The van der Waals surface area contributed by atoms with Gasteiger partial charge in [0.1, 0.15) is 35.1 Å². The summed E-state index contributed by atoms with van der Waals surface area (Å²) in [5.41, 5.74) is 1.29. The van der Waals surface area contributed by atoms with Gasteiger partial charge in [-0.1, -0.05) is 105 Å². The number of benzene rings is 4. The van der Waals surface area contributed by atoms with Gasteiger partial charge in [0.25, 0.3) is 0 Å². The molecule has 0 saturated heterocycles. The maximum atomic E-state index is 6.39. The zero-order valence-electron chi connectivity index (χ0n) is 20.3. The van der Waals surface area contributed by atoms with Crippen molar-refractivity contribution in [1.82, 2.24) is 0 Å². The summed E-state index contributed by atoms with van der Waals surface area (Å²) in [6.45, 7) is 3.04. The fourth-order valence-corrected chi connectivity index (χ4v) is 8.94. The monoisotopic (exact) mass is 467 g/mol. The molecular weight excluding hydrogens is 431 g/mol. The Morgan fingerprint density at radius 2 is 1.00 bits per heavy atom. The Morgan fingerprint density at radius 3 is 1.53 bits per heavy atom. The maximum Gasteiger partial charge on any atom is 0.126 e. The molecule has 2 heteroatoms. The Bertz CT molecular complexity index is 1010. The molecule has 0 aliphatic heterocycles. The Balaban J connectivity index is 1.74. The summed E-state index contributed by atoms with van der Waals surface area (Å²) in [4.78, 5) is 0. The Hall–Kier alpha value is -2.89. The van der Waals surface area contributed by atoms with Crippen molar-refractivity contribution >= 4 is 23.2 Å². The molecule has 4 aromatic carbocycles. The van der Waals surface area contributed by atoms with Gasteiger partial charge in [-0.05, 0) is 48.9 Å². The van der Waals surface area contributed by atoms with Gasteiger partial charge in [-0.15, -0.1) is 0 Å². The van der Waals surface area contributed by atoms with Gasteiger partial charge in [0.2, 0.25) is 0 Å². The fourth-order valence-electron chi connectivity index (χ4n) is 4.69. The minimum Gasteiger partial charge on any atom is -0.493 e. The minimum absolute atomic E-state index is 0.786. The highest BCUT2D eigenvalue weighted by molar-refractivity contribution is 7.95. The van der Waals surface area contributed by atoms with Crippen LogP contribution in [0.4, 0.5) is 0 Å². The smallest absolute Gasteiger partial charge is 0.126 e. The van der Waals surface area contributed by atoms with Crippen LogP contribution in [0.25, 0.3) is 0 Å². The zero-order chi connectivity index (χ0) is 23.5. The zero-order valence-corrected chi connectivity index (χ0v) is 21.2. The second-order valence-electron chi connectivity index (χ2n) is 8.84. The summed E-state index contributed by atoms with van der Waals surface area (Å²) in [6.07, 6.45) is 7.18. The molecule has 4 aromatic rings. The first kappa shape index (κ1) is 24.2. The average molecular weight is 468 g/mol. The molecule has 0 heterocycles. The van der Waals surface area contributed by atoms with Crippen molar-refractivity contribution < 1.29 is 4.74 Å². The molecule has 0 radical (unpaired) electrons. The van der Waals surface area contributed by atoms with Crippen LogP contribution in [0.2, 0.25) is 0 Å². The van der Waals surface area contributed by atoms with Crippen LogP contribution in [-0.2, 0) is 6.16 Å². The number of ether oxygens (including phenoxy) is 1. The predicted molar refractivity (Wildman–Crippen MR) is 150 cm³/mol. The van der Waals surface area contributed by atoms with Crippen LogP contribution in [0.15, 0.2) is 115 Å². The number of unbranched alkanes of at least 4 members (excludes halogenated alkanes) is 4. The largest absolute Gasteiger partial charge is 0.493 e. The van der Waals surface area contributed by atoms with E-state index >= 15 is 0 Å². The molecular formula is C32H36OP+. The third-order valence-electron chi connectivity index (χ3n) is 6.48. The van der Waals surface area contributed by atoms with Gasteiger partial charge in [0, 0.05) is 5.56 Å². The molecule has 34 heavy (non-hydrogen) atoms. The molecule has 0 unspecified atom stereocenters. The van der Waals surface area contributed by atoms with Crippen molar-refractivity contribution in [1.29, 1.82) is 0 Å². The molecule has 0 saturated carbocycles. The van der Waals surface area contributed by atoms with Crippen molar-refractivity contribution in [3.8, 4) is 5.75 Å². The van der Waals surface area contributed by atoms with Crippen molar-refractivity contribution in [2.75, 3.05) is 6.61 Å². The lowest BCUT2D eigenvalue weighted by atomic mass is 10.2. The molecule has 0 fully saturated rings. The first-order valence-electron chi connectivity index (χ1n) is 12.6. The maximum absolute atomic E-state index is 6.39. The van der Waals surface area contributed by atoms with Gasteiger partial charge in [-0.2, -0.15) is 0 Å². The van der Waals surface area contributed by atoms with Crippen molar-refractivity contribution in [3.63, 3.8) is 0 Å². The predicted octanol–water partition coefficient (Wildman–Crippen LogP) is 7.53. The molecule has 0 bridgehead atoms. The van der Waals surface area contributed by atoms with Gasteiger partial charge >= 0.3 is 0 Å². The van der Waals surface area contributed by atoms with E-state index in [-0.39, 0.29) is 0 Å². The van der Waals surface area contributed by atoms with Gasteiger partial charge in [-0.25, -0.2) is 0 Å². The van der Waals surface area contributed by atoms with Crippen LogP contribution < -0.4 is 20.7 Å². The van der Waals surface area contributed by atoms with Gasteiger partial charge in [0.15, 0.2) is 0 Å². The van der Waals surface area contributed by atoms with E-state index in [9.17, 15) is 0 Å². The Kier molecular flexibility index (Phi) is 8.94. The van der Waals surface area contributed by atoms with Crippen LogP contribution in [0, 0.1) is 0 Å². The van der Waals surface area contributed by atoms with E-state index < -0.39 is 7.26 Å². The van der Waals surface area contributed by atoms with E-state index in [2.05, 4.69) is 122 Å². The van der Waals surface area contributed by atoms with Crippen molar-refractivity contribution in [3.05, 3.63) is 121 Å². The number of hydrogen-bond donors (Lipinski definition) is 0. The lowest BCUT2D eigenvalue weighted by molar-refractivity contribution is 0.302. The SMILES string of the molecule is CCCCCCCOc1ccccc1C[P+](c1ccccc1)(c1ccccc1)c1ccccc1. The number of para-hydroxylation sites is 1. The summed E-state index contributed by atoms with van der Waals surface area (Å²) in [5, 5.41) is 4.21. The molecule has 0 spiro atoms. The summed E-state index contributed by atoms with van der Waals surface area (Å²) in [6, 6.07) is 41.9. The topological polar surface area (TPSA) is 9.23 Å². The van der Waals surface area contributed by atoms with Crippen LogP contribution in [-0.4, -0.2) is 6.61 Å². The van der Waals surface area contributed by atoms with E-state index in [1.807, 2.05) is 0 Å². The minimum atomic E-state index is -1.94. The van der Waals surface area contributed by atoms with Crippen molar-refractivity contribution in [2.24, 2.45) is 0 Å². The molecule has 1 nitrogen and oxygen atoms in total. The molecule has 0 amide bonds. The summed E-state index contributed by atoms with van der Waals surface area (Å²) < 4.78 is 6.39. The normalized spacial score (nSPS) is 11.3. The fraction of sp³-hybridized carbons (Fsp3) is 0.250. The van der Waals surface area contributed by atoms with Gasteiger partial charge < -0.3 is 4.74 Å². The first-order valence-corrected chi connectivity index (χ1v) is 14.6. The van der Waals surface area contributed by atoms with Crippen molar-refractivity contribution in [2.45, 2.75) is 45.2 Å². The lowest BCUT2D eigenvalue weighted by Gasteiger charge is -2.28. The van der Waals surface area contributed by atoms with Gasteiger partial charge in [-0.3, -0.25) is 0 Å². The second kappa shape index (κ2) is 12.5. The van der Waals surface area contributed by atoms with E-state index in [0.29, 0.717) is 0 Å². The molecule has 0 aromatic heterocycles. The molecule has 0 N–H and O–H groups in total. The summed E-state index contributed by atoms with van der Waals surface area (Å²) in [5.74, 6) is 1.03. The van der Waals surface area contributed by atoms with E-state index in [0.717, 1.165) is 24.9 Å². The average Bonchev–Trinajstić information content (AvgIpc) is 2.91. The molecule has 0 aliphatic rings. The second-order valence-corrected chi connectivity index (χ2v) is 12.3. The van der Waals surface area contributed by atoms with Crippen LogP contribution >= 0.6 is 7.26 Å². The highest BCUT2D eigenvalue weighted by Crippen LogP contribution is 2.58. The molecule has 0 atom stereocenters. The first-order chi connectivity index (χ1) is 16.8. The van der Waals surface area contributed by atoms with Crippen LogP contribution in [0.1, 0.15) is 44.6 Å². The summed E-state index contributed by atoms with van der Waals surface area (Å²) in [7, 11) is -1.94. The number of hydrogen-bond acceptors (Lipinski definition) is 1. The van der Waals surface area contributed by atoms with E-state index in [4.69, 9.17) is 4.74 Å². The molecule has 0 aliphatic carbocycles. The summed E-state index contributed by atoms with van der Waals surface area (Å²) >= 11 is 0. The third kappa shape index (κ3) is 5.78. The number of rotatable bonds is 12. The van der Waals surface area contributed by atoms with Gasteiger partial charge in [0.05, 0.1) is 6.61 Å². The molecule has 4 rings (SSSR count). The Morgan fingerprint density at radius 1 is 0.529 bits per heavy atom. The highest BCUT2D eigenvalue weighted by atomic mass is 31.2.